The van der Waals surface area contributed by atoms with Crippen LogP contribution in [-0.4, -0.2) is 108 Å². The number of carbonyl (C=O) groups is 3. The number of nitrogens with two attached hydrogens (primary N) is 1. The largest absolute Gasteiger partial charge is 0.483 e. The second-order valence-electron chi connectivity index (χ2n) is 9.58. The molecule has 15 nitrogen and oxygen atoms in total. The predicted octanol–water partition coefficient (Wildman–Crippen LogP) is -0.168. The van der Waals surface area contributed by atoms with Gasteiger partial charge >= 0.3 is 5.97 Å². The minimum atomic E-state index is -1.39. The van der Waals surface area contributed by atoms with Gasteiger partial charge in [0.05, 0.1) is 18.9 Å². The second-order valence-corrected chi connectivity index (χ2v) is 10.0. The highest BCUT2D eigenvalue weighted by Crippen LogP contribution is 2.32. The van der Waals surface area contributed by atoms with Crippen molar-refractivity contribution in [1.82, 2.24) is 29.3 Å². The number of aliphatic carboxylic acids is 1. The highest BCUT2D eigenvalue weighted by Gasteiger charge is 2.46. The van der Waals surface area contributed by atoms with Crippen molar-refractivity contribution in [3.8, 4) is 5.75 Å². The maximum absolute atomic E-state index is 12.7. The fraction of sp³-hybridized carbons (Fsp3) is 0.440. The topological polar surface area (TPSA) is 198 Å². The number of fused-ring (bicyclic) bond motifs is 1. The van der Waals surface area contributed by atoms with E-state index < -0.39 is 30.4 Å². The number of benzene rings is 1. The smallest absolute Gasteiger partial charge is 0.334 e. The molecule has 0 aliphatic carbocycles. The van der Waals surface area contributed by atoms with E-state index in [1.165, 1.54) is 22.1 Å². The summed E-state index contributed by atoms with van der Waals surface area (Å²) in [5, 5.41) is 23.4. The fourth-order valence-electron chi connectivity index (χ4n) is 4.80. The summed E-state index contributed by atoms with van der Waals surface area (Å²) in [5.41, 5.74) is 7.10. The van der Waals surface area contributed by atoms with E-state index in [4.69, 9.17) is 26.8 Å². The first-order valence-corrected chi connectivity index (χ1v) is 13.3. The average Bonchev–Trinajstić information content (AvgIpc) is 3.52. The van der Waals surface area contributed by atoms with E-state index in [1.54, 1.807) is 23.1 Å². The van der Waals surface area contributed by atoms with Gasteiger partial charge in [-0.2, -0.15) is 0 Å². The number of imidazole rings is 1. The number of carbonyl (C=O) groups excluding carboxylic acids is 2. The summed E-state index contributed by atoms with van der Waals surface area (Å²) < 4.78 is 12.7. The summed E-state index contributed by atoms with van der Waals surface area (Å²) in [5.74, 6) is -0.919. The first-order valence-electron chi connectivity index (χ1n) is 12.9. The van der Waals surface area contributed by atoms with Gasteiger partial charge in [-0.1, -0.05) is 11.6 Å². The van der Waals surface area contributed by atoms with Crippen molar-refractivity contribution in [2.75, 3.05) is 38.1 Å². The normalized spacial score (nSPS) is 22.8. The van der Waals surface area contributed by atoms with Gasteiger partial charge in [0, 0.05) is 36.8 Å². The highest BCUT2D eigenvalue weighted by atomic mass is 35.5. The van der Waals surface area contributed by atoms with Gasteiger partial charge in [-0.05, 0) is 25.1 Å². The molecule has 41 heavy (non-hydrogen) atoms. The lowest BCUT2D eigenvalue weighted by Crippen LogP contribution is -2.53. The van der Waals surface area contributed by atoms with Crippen molar-refractivity contribution in [2.45, 2.75) is 37.9 Å². The van der Waals surface area contributed by atoms with E-state index in [0.717, 1.165) is 0 Å². The van der Waals surface area contributed by atoms with Crippen LogP contribution < -0.4 is 15.8 Å². The Morgan fingerprint density at radius 3 is 2.78 bits per heavy atom. The molecule has 2 aliphatic heterocycles. The Balaban J connectivity index is 1.28. The third-order valence-corrected chi connectivity index (χ3v) is 7.31. The quantitative estimate of drug-likeness (QED) is 0.258. The molecule has 3 aromatic rings. The van der Waals surface area contributed by atoms with Gasteiger partial charge in [0.15, 0.2) is 35.9 Å². The van der Waals surface area contributed by atoms with Crippen molar-refractivity contribution in [1.29, 1.82) is 0 Å². The van der Waals surface area contributed by atoms with Crippen molar-refractivity contribution >= 4 is 46.4 Å². The number of carboxylic acid groups (broad SMARTS) is 1. The third kappa shape index (κ3) is 5.74. The monoisotopic (exact) mass is 588 g/mol. The molecular weight excluding hydrogens is 560 g/mol. The van der Waals surface area contributed by atoms with Gasteiger partial charge in [0.1, 0.15) is 18.2 Å². The number of nitrogens with one attached hydrogen (secondary N) is 1. The van der Waals surface area contributed by atoms with Gasteiger partial charge in [0.2, 0.25) is 5.91 Å². The molecule has 4 unspecified atom stereocenters. The molecule has 218 valence electrons. The van der Waals surface area contributed by atoms with Crippen LogP contribution in [-0.2, 0) is 25.7 Å². The number of aromatic nitrogens is 4. The van der Waals surface area contributed by atoms with Crippen LogP contribution in [0.5, 0.6) is 5.75 Å². The van der Waals surface area contributed by atoms with Crippen molar-refractivity contribution < 1.29 is 34.1 Å². The lowest BCUT2D eigenvalue weighted by molar-refractivity contribution is -0.152. The number of ether oxygens (including phenoxy) is 2. The summed E-state index contributed by atoms with van der Waals surface area (Å²) in [6, 6.07) is 3.84. The number of rotatable bonds is 9. The first-order chi connectivity index (χ1) is 19.7. The summed E-state index contributed by atoms with van der Waals surface area (Å²) >= 11 is 6.23. The number of aliphatic hydroxyl groups excluding tert-OH is 1. The Morgan fingerprint density at radius 1 is 1.27 bits per heavy atom. The fourth-order valence-corrected chi connectivity index (χ4v) is 5.00. The van der Waals surface area contributed by atoms with Crippen LogP contribution >= 0.6 is 11.6 Å². The molecule has 2 fully saturated rings. The highest BCUT2D eigenvalue weighted by molar-refractivity contribution is 6.30. The Kier molecular flexibility index (Phi) is 8.21. The third-order valence-electron chi connectivity index (χ3n) is 7.07. The molecule has 4 heterocycles. The summed E-state index contributed by atoms with van der Waals surface area (Å²) in [4.78, 5) is 52.3. The van der Waals surface area contributed by atoms with Gasteiger partial charge in [0.25, 0.3) is 5.91 Å². The molecule has 0 saturated carbocycles. The lowest BCUT2D eigenvalue weighted by atomic mass is 10.1. The van der Waals surface area contributed by atoms with Crippen LogP contribution in [0.3, 0.4) is 0 Å². The molecule has 0 spiro atoms. The zero-order chi connectivity index (χ0) is 29.3. The first kappa shape index (κ1) is 28.5. The van der Waals surface area contributed by atoms with Crippen LogP contribution in [0.1, 0.15) is 18.7 Å². The Hall–Kier alpha value is -4.05. The molecule has 4 atom stereocenters. The SMILES string of the molecule is CCN1CCN(C(=O)COc2ccc(Cl)cc2CNc2ncnc3c2ncn3C2OC(C(=O)O)C(N)C2O)CC1=O. The molecule has 5 N–H and O–H groups in total. The van der Waals surface area contributed by atoms with Gasteiger partial charge < -0.3 is 40.5 Å². The number of piperazine rings is 1. The molecule has 16 heteroatoms. The van der Waals surface area contributed by atoms with Crippen LogP contribution in [0, 0.1) is 0 Å². The van der Waals surface area contributed by atoms with Crippen LogP contribution in [0.2, 0.25) is 5.02 Å². The molecule has 0 bridgehead atoms. The number of halogens is 1. The van der Waals surface area contributed by atoms with E-state index in [1.807, 2.05) is 6.92 Å². The molecule has 2 aliphatic rings. The van der Waals surface area contributed by atoms with Crippen molar-refractivity contribution in [3.63, 3.8) is 0 Å². The van der Waals surface area contributed by atoms with Crippen LogP contribution in [0.25, 0.3) is 11.2 Å². The number of likely N-dealkylation sites (N-methyl/N-ethyl adjacent to an activating group) is 1. The lowest BCUT2D eigenvalue weighted by Gasteiger charge is -2.33. The summed E-state index contributed by atoms with van der Waals surface area (Å²) in [6.45, 7) is 3.39. The summed E-state index contributed by atoms with van der Waals surface area (Å²) in [6.07, 6.45) is -1.15. The van der Waals surface area contributed by atoms with Crippen LogP contribution in [0.15, 0.2) is 30.9 Å². The maximum Gasteiger partial charge on any atom is 0.334 e. The second kappa shape index (κ2) is 11.8. The molecule has 0 radical (unpaired) electrons. The zero-order valence-corrected chi connectivity index (χ0v) is 22.8. The number of anilines is 1. The average molecular weight is 589 g/mol. The minimum absolute atomic E-state index is 0.0211. The zero-order valence-electron chi connectivity index (χ0n) is 22.0. The van der Waals surface area contributed by atoms with E-state index >= 15 is 0 Å². The number of amides is 2. The van der Waals surface area contributed by atoms with Crippen LogP contribution in [0.4, 0.5) is 5.82 Å². The van der Waals surface area contributed by atoms with E-state index in [2.05, 4.69) is 20.3 Å². The van der Waals surface area contributed by atoms with Gasteiger partial charge in [-0.3, -0.25) is 14.2 Å². The molecule has 2 saturated heterocycles. The van der Waals surface area contributed by atoms with Crippen molar-refractivity contribution in [3.05, 3.63) is 41.4 Å². The number of hydrogen-bond donors (Lipinski definition) is 4. The summed E-state index contributed by atoms with van der Waals surface area (Å²) in [7, 11) is 0. The molecule has 1 aromatic carbocycles. The van der Waals surface area contributed by atoms with E-state index in [-0.39, 0.29) is 37.2 Å². The molecule has 2 aromatic heterocycles. The van der Waals surface area contributed by atoms with E-state index in [0.29, 0.717) is 47.3 Å². The molecule has 5 rings (SSSR count). The number of nitrogens with zero attached hydrogens (tertiary/aromatic N) is 6. The van der Waals surface area contributed by atoms with Crippen molar-refractivity contribution in [2.24, 2.45) is 5.73 Å². The van der Waals surface area contributed by atoms with E-state index in [9.17, 15) is 24.6 Å². The molecule has 2 amide bonds. The van der Waals surface area contributed by atoms with Gasteiger partial charge in [-0.25, -0.2) is 19.7 Å². The molecular formula is C25H29ClN8O7. The maximum atomic E-state index is 12.7. The predicted molar refractivity (Wildman–Crippen MR) is 144 cm³/mol. The Labute approximate surface area is 238 Å². The number of carboxylic acids is 1. The van der Waals surface area contributed by atoms with Gasteiger partial charge in [-0.15, -0.1) is 0 Å². The minimum Gasteiger partial charge on any atom is -0.483 e. The number of aliphatic hydroxyl groups is 1. The Bertz CT molecular complexity index is 1470. The number of hydrogen-bond acceptors (Lipinski definition) is 11. The standard InChI is InChI=1S/C25H29ClN8O7/c1-2-32-5-6-33(9-16(32)35)17(36)10-40-15-4-3-14(26)7-13(15)8-28-22-19-23(30-11-29-22)34(12-31-19)24-20(37)18(27)21(41-24)25(38)39/h3-4,7,11-12,18,20-21,24,37H,2,5-6,8-10,27H2,1H3,(H,38,39)(H,28,29,30). The Morgan fingerprint density at radius 2 is 2.07 bits per heavy atom.